The maximum Gasteiger partial charge on any atom is 0.338 e. The van der Waals surface area contributed by atoms with Crippen LogP contribution in [0.5, 0.6) is 11.5 Å². The molecule has 47 heavy (non-hydrogen) atoms. The molecular weight excluding hydrogens is 617 g/mol. The van der Waals surface area contributed by atoms with Crippen LogP contribution in [0.3, 0.4) is 0 Å². The van der Waals surface area contributed by atoms with Gasteiger partial charge in [-0.3, -0.25) is 9.36 Å². The van der Waals surface area contributed by atoms with Crippen molar-refractivity contribution in [3.8, 4) is 17.6 Å². The molecule has 8 nitrogen and oxygen atoms in total. The molecular formula is C37H28FN3O5S. The molecule has 0 saturated heterocycles. The Kier molecular flexibility index (Phi) is 9.09. The number of methoxy groups -OCH3 is 1. The number of thiazole rings is 1. The molecule has 0 fully saturated rings. The predicted molar refractivity (Wildman–Crippen MR) is 176 cm³/mol. The Balaban J connectivity index is 1.46. The normalized spacial score (nSPS) is 14.2. The van der Waals surface area contributed by atoms with E-state index in [1.165, 1.54) is 35.1 Å². The average molecular weight is 646 g/mol. The summed E-state index contributed by atoms with van der Waals surface area (Å²) in [5.41, 5.74) is 3.35. The number of benzene rings is 4. The van der Waals surface area contributed by atoms with Crippen LogP contribution in [0.15, 0.2) is 112 Å². The highest BCUT2D eigenvalue weighted by molar-refractivity contribution is 7.07. The third kappa shape index (κ3) is 6.34. The van der Waals surface area contributed by atoms with E-state index >= 15 is 0 Å². The number of ether oxygens (including phenoxy) is 3. The number of carbonyl (C=O) groups is 1. The van der Waals surface area contributed by atoms with Crippen molar-refractivity contribution in [2.45, 2.75) is 19.6 Å². The number of nitrogens with zero attached hydrogens (tertiary/aromatic N) is 3. The monoisotopic (exact) mass is 645 g/mol. The summed E-state index contributed by atoms with van der Waals surface area (Å²) in [6, 6.07) is 28.7. The van der Waals surface area contributed by atoms with Gasteiger partial charge in [0.1, 0.15) is 12.4 Å². The van der Waals surface area contributed by atoms with Gasteiger partial charge in [0.2, 0.25) is 0 Å². The van der Waals surface area contributed by atoms with Gasteiger partial charge in [0.15, 0.2) is 16.3 Å². The summed E-state index contributed by atoms with van der Waals surface area (Å²) in [5, 5.41) is 9.40. The topological polar surface area (TPSA) is 103 Å². The number of halogens is 1. The van der Waals surface area contributed by atoms with Crippen molar-refractivity contribution in [2.24, 2.45) is 4.99 Å². The van der Waals surface area contributed by atoms with Crippen LogP contribution in [0.2, 0.25) is 0 Å². The van der Waals surface area contributed by atoms with E-state index in [0.717, 1.165) is 5.56 Å². The molecule has 0 saturated carbocycles. The molecule has 4 aromatic carbocycles. The van der Waals surface area contributed by atoms with Gasteiger partial charge in [0, 0.05) is 11.1 Å². The molecule has 1 atom stereocenters. The Labute approximate surface area is 273 Å². The Morgan fingerprint density at radius 1 is 1.02 bits per heavy atom. The molecule has 1 aliphatic rings. The van der Waals surface area contributed by atoms with Crippen molar-refractivity contribution in [3.63, 3.8) is 0 Å². The molecule has 0 spiro atoms. The number of aromatic nitrogens is 1. The molecule has 5 aromatic rings. The van der Waals surface area contributed by atoms with Gasteiger partial charge in [-0.2, -0.15) is 5.26 Å². The van der Waals surface area contributed by atoms with Gasteiger partial charge in [0.25, 0.3) is 5.56 Å². The fourth-order valence-electron chi connectivity index (χ4n) is 5.36. The zero-order valence-electron chi connectivity index (χ0n) is 25.5. The average Bonchev–Trinajstić information content (AvgIpc) is 3.41. The molecule has 2 heterocycles. The minimum Gasteiger partial charge on any atom is -0.493 e. The number of fused-ring (bicyclic) bond motifs is 1. The second-order valence-electron chi connectivity index (χ2n) is 10.5. The quantitative estimate of drug-likeness (QED) is 0.195. The molecule has 1 aliphatic heterocycles. The van der Waals surface area contributed by atoms with E-state index < -0.39 is 17.8 Å². The second kappa shape index (κ2) is 13.7. The molecule has 0 radical (unpaired) electrons. The molecule has 234 valence electrons. The first-order valence-corrected chi connectivity index (χ1v) is 15.6. The second-order valence-corrected chi connectivity index (χ2v) is 11.5. The van der Waals surface area contributed by atoms with Crippen LogP contribution >= 0.6 is 11.3 Å². The van der Waals surface area contributed by atoms with Crippen molar-refractivity contribution < 1.29 is 23.4 Å². The third-order valence-corrected chi connectivity index (χ3v) is 8.55. The summed E-state index contributed by atoms with van der Waals surface area (Å²) < 4.78 is 32.9. The fraction of sp³-hybridized carbons (Fsp3) is 0.135. The largest absolute Gasteiger partial charge is 0.493 e. The molecule has 0 aliphatic carbocycles. The minimum atomic E-state index is -0.912. The minimum absolute atomic E-state index is 0.122. The number of rotatable bonds is 9. The van der Waals surface area contributed by atoms with Crippen LogP contribution in [0, 0.1) is 17.1 Å². The maximum atomic E-state index is 14.1. The van der Waals surface area contributed by atoms with Gasteiger partial charge in [-0.15, -0.1) is 0 Å². The molecule has 6 rings (SSSR count). The van der Waals surface area contributed by atoms with E-state index in [-0.39, 0.29) is 24.3 Å². The van der Waals surface area contributed by atoms with E-state index in [1.807, 2.05) is 42.5 Å². The summed E-state index contributed by atoms with van der Waals surface area (Å²) in [4.78, 5) is 32.9. The van der Waals surface area contributed by atoms with Crippen molar-refractivity contribution in [3.05, 3.63) is 156 Å². The Morgan fingerprint density at radius 3 is 2.49 bits per heavy atom. The highest BCUT2D eigenvalue weighted by atomic mass is 32.1. The lowest BCUT2D eigenvalue weighted by Crippen LogP contribution is -2.40. The highest BCUT2D eigenvalue weighted by Crippen LogP contribution is 2.35. The van der Waals surface area contributed by atoms with Crippen LogP contribution in [-0.2, 0) is 16.1 Å². The van der Waals surface area contributed by atoms with Crippen molar-refractivity contribution in [1.29, 1.82) is 5.26 Å². The van der Waals surface area contributed by atoms with E-state index in [4.69, 9.17) is 19.2 Å². The van der Waals surface area contributed by atoms with Crippen LogP contribution < -0.4 is 24.4 Å². The van der Waals surface area contributed by atoms with Crippen molar-refractivity contribution in [2.75, 3.05) is 13.7 Å². The lowest BCUT2D eigenvalue weighted by molar-refractivity contribution is -0.138. The molecule has 0 unspecified atom stereocenters. The van der Waals surface area contributed by atoms with Crippen molar-refractivity contribution in [1.82, 2.24) is 4.57 Å². The van der Waals surface area contributed by atoms with Crippen LogP contribution in [0.1, 0.15) is 40.8 Å². The lowest BCUT2D eigenvalue weighted by atomic mass is 9.93. The highest BCUT2D eigenvalue weighted by Gasteiger charge is 2.35. The summed E-state index contributed by atoms with van der Waals surface area (Å²) in [7, 11) is 1.52. The first-order valence-electron chi connectivity index (χ1n) is 14.7. The fourth-order valence-corrected chi connectivity index (χ4v) is 6.36. The van der Waals surface area contributed by atoms with E-state index in [9.17, 15) is 19.2 Å². The van der Waals surface area contributed by atoms with E-state index in [1.54, 1.807) is 55.5 Å². The van der Waals surface area contributed by atoms with Gasteiger partial charge in [0.05, 0.1) is 47.2 Å². The Hall–Kier alpha value is -5.79. The predicted octanol–water partition coefficient (Wildman–Crippen LogP) is 5.53. The first kappa shape index (κ1) is 31.2. The number of carbonyl (C=O) groups excluding carboxylic acids is 1. The third-order valence-electron chi connectivity index (χ3n) is 7.57. The van der Waals surface area contributed by atoms with Gasteiger partial charge < -0.3 is 14.2 Å². The molecule has 0 N–H and O–H groups in total. The number of hydrogen-bond acceptors (Lipinski definition) is 8. The lowest BCUT2D eigenvalue weighted by Gasteiger charge is -2.25. The summed E-state index contributed by atoms with van der Waals surface area (Å²) in [6.07, 6.45) is 1.72. The van der Waals surface area contributed by atoms with E-state index in [0.29, 0.717) is 48.8 Å². The molecule has 1 aromatic heterocycles. The number of hydrogen-bond donors (Lipinski definition) is 0. The molecule has 0 bridgehead atoms. The maximum absolute atomic E-state index is 14.1. The van der Waals surface area contributed by atoms with Gasteiger partial charge >= 0.3 is 5.97 Å². The van der Waals surface area contributed by atoms with Crippen molar-refractivity contribution >= 4 is 29.1 Å². The number of esters is 1. The van der Waals surface area contributed by atoms with Crippen LogP contribution in [-0.4, -0.2) is 24.3 Å². The van der Waals surface area contributed by atoms with Crippen LogP contribution in [0.4, 0.5) is 4.39 Å². The summed E-state index contributed by atoms with van der Waals surface area (Å²) in [6.45, 7) is 2.00. The van der Waals surface area contributed by atoms with E-state index in [2.05, 4.69) is 6.07 Å². The Bertz CT molecular complexity index is 2220. The first-order chi connectivity index (χ1) is 22.9. The zero-order valence-corrected chi connectivity index (χ0v) is 26.3. The summed E-state index contributed by atoms with van der Waals surface area (Å²) >= 11 is 1.18. The van der Waals surface area contributed by atoms with Crippen LogP contribution in [0.25, 0.3) is 11.8 Å². The standard InChI is InChI=1S/C37H28FN3O5S/c1-3-45-36(43)32-33(24-9-5-4-6-10-24)40-37-41(34(32)25-14-16-28(38)17-15-25)35(42)31(47-37)20-23-13-18-29(30(19-23)44-2)46-22-27-12-8-7-11-26(27)21-39/h4-20,34H,3,22H2,1-2H3/b31-20-/t34-/m0/s1. The van der Waals surface area contributed by atoms with Gasteiger partial charge in [-0.25, -0.2) is 14.2 Å². The van der Waals surface area contributed by atoms with Gasteiger partial charge in [-0.1, -0.05) is 78.1 Å². The van der Waals surface area contributed by atoms with Gasteiger partial charge in [-0.05, 0) is 54.5 Å². The Morgan fingerprint density at radius 2 is 1.77 bits per heavy atom. The zero-order chi connectivity index (χ0) is 32.9. The SMILES string of the molecule is CCOC(=O)C1=C(c2ccccc2)N=c2s/c(=C\c3ccc(OCc4ccccc4C#N)c(OC)c3)c(=O)n2[C@H]1c1ccc(F)cc1. The smallest absolute Gasteiger partial charge is 0.338 e. The molecule has 10 heteroatoms. The summed E-state index contributed by atoms with van der Waals surface area (Å²) in [5.74, 6) is -0.138. The number of nitriles is 1. The molecule has 0 amide bonds.